The van der Waals surface area contributed by atoms with Crippen molar-refractivity contribution in [3.63, 3.8) is 0 Å². The van der Waals surface area contributed by atoms with E-state index in [1.165, 1.54) is 12.1 Å². The number of rotatable bonds is 4. The van der Waals surface area contributed by atoms with E-state index in [2.05, 4.69) is 10.6 Å². The topological polar surface area (TPSA) is 81.7 Å². The van der Waals surface area contributed by atoms with Crippen molar-refractivity contribution in [2.45, 2.75) is 31.5 Å². The van der Waals surface area contributed by atoms with E-state index in [1.54, 1.807) is 29.2 Å². The Morgan fingerprint density at radius 3 is 2.27 bits per heavy atom. The molecule has 0 atom stereocenters. The number of aliphatic hydroxyl groups is 1. The van der Waals surface area contributed by atoms with Gasteiger partial charge >= 0.3 is 12.2 Å². The van der Waals surface area contributed by atoms with E-state index in [0.29, 0.717) is 31.6 Å². The van der Waals surface area contributed by atoms with Gasteiger partial charge in [0.1, 0.15) is 0 Å². The summed E-state index contributed by atoms with van der Waals surface area (Å²) in [5, 5.41) is 14.4. The van der Waals surface area contributed by atoms with Crippen LogP contribution in [0.15, 0.2) is 48.5 Å². The largest absolute Gasteiger partial charge is 0.416 e. The highest BCUT2D eigenvalue weighted by atomic mass is 19.4. The molecular weight excluding hydrogens is 399 g/mol. The molecule has 9 heteroatoms. The minimum absolute atomic E-state index is 0.0232. The van der Waals surface area contributed by atoms with Gasteiger partial charge in [0, 0.05) is 24.5 Å². The second kappa shape index (κ2) is 9.17. The first-order valence-electron chi connectivity index (χ1n) is 9.51. The van der Waals surface area contributed by atoms with Crippen molar-refractivity contribution in [1.29, 1.82) is 0 Å². The van der Waals surface area contributed by atoms with Crippen LogP contribution in [0.3, 0.4) is 0 Å². The first-order chi connectivity index (χ1) is 14.2. The van der Waals surface area contributed by atoms with Crippen molar-refractivity contribution in [3.8, 4) is 0 Å². The zero-order chi connectivity index (χ0) is 21.7. The van der Waals surface area contributed by atoms with E-state index in [4.69, 9.17) is 0 Å². The second-order valence-electron chi connectivity index (χ2n) is 7.14. The highest BCUT2D eigenvalue weighted by molar-refractivity contribution is 5.99. The number of amides is 3. The molecule has 6 nitrogen and oxygen atoms in total. The molecule has 0 saturated carbocycles. The fraction of sp³-hybridized carbons (Fsp3) is 0.333. The maximum atomic E-state index is 12.7. The SMILES string of the molecule is O=C(Nc1ccc(CC(=O)N2CCC(O)CC2)cc1)Nc1cccc(C(F)(F)F)c1. The summed E-state index contributed by atoms with van der Waals surface area (Å²) in [4.78, 5) is 26.1. The quantitative estimate of drug-likeness (QED) is 0.701. The van der Waals surface area contributed by atoms with Gasteiger partial charge in [-0.15, -0.1) is 0 Å². The highest BCUT2D eigenvalue weighted by Crippen LogP contribution is 2.30. The summed E-state index contributed by atoms with van der Waals surface area (Å²) in [6, 6.07) is 10.3. The maximum absolute atomic E-state index is 12.7. The number of benzene rings is 2. The van der Waals surface area contributed by atoms with E-state index in [9.17, 15) is 27.9 Å². The Kier molecular flexibility index (Phi) is 6.61. The van der Waals surface area contributed by atoms with Crippen LogP contribution in [0.1, 0.15) is 24.0 Å². The van der Waals surface area contributed by atoms with Crippen molar-refractivity contribution in [1.82, 2.24) is 4.90 Å². The van der Waals surface area contributed by atoms with Crippen LogP contribution in [0.4, 0.5) is 29.3 Å². The predicted octanol–water partition coefficient (Wildman–Crippen LogP) is 3.88. The van der Waals surface area contributed by atoms with E-state index < -0.39 is 17.8 Å². The number of hydrogen-bond donors (Lipinski definition) is 3. The summed E-state index contributed by atoms with van der Waals surface area (Å²) in [6.07, 6.45) is -3.46. The average molecular weight is 421 g/mol. The Hall–Kier alpha value is -3.07. The number of halogens is 3. The molecular formula is C21H22F3N3O3. The van der Waals surface area contributed by atoms with Gasteiger partial charge in [0.25, 0.3) is 0 Å². The van der Waals surface area contributed by atoms with Gasteiger partial charge in [0.05, 0.1) is 18.1 Å². The number of anilines is 2. The van der Waals surface area contributed by atoms with Gasteiger partial charge in [0.15, 0.2) is 0 Å². The number of likely N-dealkylation sites (tertiary alicyclic amines) is 1. The minimum Gasteiger partial charge on any atom is -0.393 e. The zero-order valence-electron chi connectivity index (χ0n) is 16.1. The van der Waals surface area contributed by atoms with E-state index in [0.717, 1.165) is 17.7 Å². The molecule has 160 valence electrons. The highest BCUT2D eigenvalue weighted by Gasteiger charge is 2.30. The molecule has 1 heterocycles. The first kappa shape index (κ1) is 21.6. The molecule has 3 amide bonds. The zero-order valence-corrected chi connectivity index (χ0v) is 16.1. The lowest BCUT2D eigenvalue weighted by atomic mass is 10.1. The second-order valence-corrected chi connectivity index (χ2v) is 7.14. The standard InChI is InChI=1S/C21H22F3N3O3/c22-21(23,24)15-2-1-3-17(13-15)26-20(30)25-16-6-4-14(5-7-16)12-19(29)27-10-8-18(28)9-11-27/h1-7,13,18,28H,8-12H2,(H2,25,26,30). The monoisotopic (exact) mass is 421 g/mol. The van der Waals surface area contributed by atoms with Crippen LogP contribution in [0, 0.1) is 0 Å². The van der Waals surface area contributed by atoms with Crippen LogP contribution < -0.4 is 10.6 Å². The smallest absolute Gasteiger partial charge is 0.393 e. The molecule has 0 aromatic heterocycles. The minimum atomic E-state index is -4.49. The number of nitrogens with one attached hydrogen (secondary N) is 2. The van der Waals surface area contributed by atoms with Crippen molar-refractivity contribution in [2.24, 2.45) is 0 Å². The number of hydrogen-bond acceptors (Lipinski definition) is 3. The summed E-state index contributed by atoms with van der Waals surface area (Å²) in [7, 11) is 0. The normalized spacial score (nSPS) is 15.0. The molecule has 0 bridgehead atoms. The lowest BCUT2D eigenvalue weighted by Gasteiger charge is -2.29. The third kappa shape index (κ3) is 5.96. The van der Waals surface area contributed by atoms with Gasteiger partial charge in [-0.3, -0.25) is 4.79 Å². The predicted molar refractivity (Wildman–Crippen MR) is 106 cm³/mol. The molecule has 0 radical (unpaired) electrons. The summed E-state index contributed by atoms with van der Waals surface area (Å²) in [5.74, 6) is -0.0232. The van der Waals surface area contributed by atoms with E-state index >= 15 is 0 Å². The van der Waals surface area contributed by atoms with Crippen LogP contribution in [-0.2, 0) is 17.4 Å². The molecule has 1 aliphatic rings. The summed E-state index contributed by atoms with van der Waals surface area (Å²) in [6.45, 7) is 1.07. The number of carbonyl (C=O) groups is 2. The average Bonchev–Trinajstić information content (AvgIpc) is 2.69. The Morgan fingerprint density at radius 2 is 1.63 bits per heavy atom. The van der Waals surface area contributed by atoms with Crippen molar-refractivity contribution in [2.75, 3.05) is 23.7 Å². The Bertz CT molecular complexity index is 892. The molecule has 1 saturated heterocycles. The number of alkyl halides is 3. The van der Waals surface area contributed by atoms with Gasteiger partial charge < -0.3 is 20.6 Å². The molecule has 3 N–H and O–H groups in total. The van der Waals surface area contributed by atoms with Gasteiger partial charge in [-0.25, -0.2) is 4.79 Å². The van der Waals surface area contributed by atoms with Gasteiger partial charge in [-0.1, -0.05) is 18.2 Å². The molecule has 2 aromatic rings. The number of nitrogens with zero attached hydrogens (tertiary/aromatic N) is 1. The maximum Gasteiger partial charge on any atom is 0.416 e. The van der Waals surface area contributed by atoms with Crippen LogP contribution >= 0.6 is 0 Å². The van der Waals surface area contributed by atoms with E-state index in [1.807, 2.05) is 0 Å². The van der Waals surface area contributed by atoms with Gasteiger partial charge in [0.2, 0.25) is 5.91 Å². The third-order valence-electron chi connectivity index (χ3n) is 4.83. The Balaban J connectivity index is 1.53. The number of piperidine rings is 1. The Morgan fingerprint density at radius 1 is 1.00 bits per heavy atom. The number of aliphatic hydroxyl groups excluding tert-OH is 1. The van der Waals surface area contributed by atoms with Crippen molar-refractivity contribution >= 4 is 23.3 Å². The fourth-order valence-corrected chi connectivity index (χ4v) is 3.17. The lowest BCUT2D eigenvalue weighted by Crippen LogP contribution is -2.40. The third-order valence-corrected chi connectivity index (χ3v) is 4.83. The van der Waals surface area contributed by atoms with Crippen molar-refractivity contribution < 1.29 is 27.9 Å². The molecule has 1 fully saturated rings. The molecule has 0 unspecified atom stereocenters. The molecule has 2 aromatic carbocycles. The summed E-state index contributed by atoms with van der Waals surface area (Å²) >= 11 is 0. The number of urea groups is 1. The molecule has 30 heavy (non-hydrogen) atoms. The van der Waals surface area contributed by atoms with Crippen LogP contribution in [0.2, 0.25) is 0 Å². The van der Waals surface area contributed by atoms with Crippen molar-refractivity contribution in [3.05, 3.63) is 59.7 Å². The summed E-state index contributed by atoms with van der Waals surface area (Å²) < 4.78 is 38.2. The first-order valence-corrected chi connectivity index (χ1v) is 9.51. The van der Waals surface area contributed by atoms with Crippen LogP contribution in [-0.4, -0.2) is 41.1 Å². The van der Waals surface area contributed by atoms with Crippen LogP contribution in [0.25, 0.3) is 0 Å². The van der Waals surface area contributed by atoms with Gasteiger partial charge in [-0.05, 0) is 48.7 Å². The van der Waals surface area contributed by atoms with E-state index in [-0.39, 0.29) is 24.1 Å². The Labute approximate surface area is 171 Å². The summed E-state index contributed by atoms with van der Waals surface area (Å²) in [5.41, 5.74) is 0.389. The molecule has 0 spiro atoms. The van der Waals surface area contributed by atoms with Crippen LogP contribution in [0.5, 0.6) is 0 Å². The molecule has 1 aliphatic heterocycles. The van der Waals surface area contributed by atoms with Gasteiger partial charge in [-0.2, -0.15) is 13.2 Å². The fourth-order valence-electron chi connectivity index (χ4n) is 3.17. The molecule has 0 aliphatic carbocycles. The lowest BCUT2D eigenvalue weighted by molar-refractivity contribution is -0.137. The number of carbonyl (C=O) groups excluding carboxylic acids is 2. The molecule has 3 rings (SSSR count).